The van der Waals surface area contributed by atoms with Crippen LogP contribution in [0.15, 0.2) is 35.1 Å². The molecule has 1 aromatic carbocycles. The molecule has 0 aliphatic heterocycles. The van der Waals surface area contributed by atoms with Crippen molar-refractivity contribution in [2.45, 2.75) is 58.4 Å². The Morgan fingerprint density at radius 2 is 2.06 bits per heavy atom. The Labute approximate surface area is 185 Å². The molecule has 31 heavy (non-hydrogen) atoms. The van der Waals surface area contributed by atoms with Crippen LogP contribution in [0.1, 0.15) is 54.8 Å². The maximum atomic E-state index is 13.4. The molecule has 4 rings (SSSR count). The standard InChI is InChI=1S/C24H28N2O4S/c1-3-29-24(28)18-12-9-13-19-20(18)21-22(31-19)25-16(2)26(23(21)27)14-7-8-15-30-17-10-5-4-6-11-17/h4-6,10-11,18H,3,7-9,12-15H2,1-2H3. The number of thiophene rings is 1. The van der Waals surface area contributed by atoms with E-state index in [0.29, 0.717) is 31.0 Å². The van der Waals surface area contributed by atoms with Gasteiger partial charge in [0, 0.05) is 11.4 Å². The number of esters is 1. The smallest absolute Gasteiger partial charge is 0.313 e. The van der Waals surface area contributed by atoms with E-state index in [1.165, 1.54) is 0 Å². The molecule has 0 radical (unpaired) electrons. The Morgan fingerprint density at radius 3 is 2.84 bits per heavy atom. The second-order valence-corrected chi connectivity index (χ2v) is 8.88. The second kappa shape index (κ2) is 9.64. The van der Waals surface area contributed by atoms with Gasteiger partial charge >= 0.3 is 5.97 Å². The van der Waals surface area contributed by atoms with Crippen LogP contribution in [0.3, 0.4) is 0 Å². The van der Waals surface area contributed by atoms with Gasteiger partial charge in [0.05, 0.1) is 24.5 Å². The van der Waals surface area contributed by atoms with E-state index in [2.05, 4.69) is 0 Å². The van der Waals surface area contributed by atoms with Crippen LogP contribution >= 0.6 is 11.3 Å². The van der Waals surface area contributed by atoms with Gasteiger partial charge in [-0.3, -0.25) is 14.2 Å². The maximum absolute atomic E-state index is 13.4. The number of unbranched alkanes of at least 4 members (excludes halogenated alkanes) is 1. The third kappa shape index (κ3) is 4.51. The highest BCUT2D eigenvalue weighted by Gasteiger charge is 2.33. The van der Waals surface area contributed by atoms with Crippen LogP contribution in [-0.2, 0) is 22.5 Å². The minimum atomic E-state index is -0.359. The van der Waals surface area contributed by atoms with Crippen molar-refractivity contribution in [3.8, 4) is 5.75 Å². The van der Waals surface area contributed by atoms with Gasteiger partial charge in [-0.05, 0) is 63.6 Å². The van der Waals surface area contributed by atoms with E-state index in [1.807, 2.05) is 44.2 Å². The Morgan fingerprint density at radius 1 is 1.26 bits per heavy atom. The number of carbonyl (C=O) groups excluding carboxylic acids is 1. The van der Waals surface area contributed by atoms with Crippen LogP contribution in [0.5, 0.6) is 5.75 Å². The molecule has 0 saturated carbocycles. The van der Waals surface area contributed by atoms with Gasteiger partial charge in [0.2, 0.25) is 0 Å². The first-order valence-corrected chi connectivity index (χ1v) is 11.8. The van der Waals surface area contributed by atoms with Crippen molar-refractivity contribution in [3.63, 3.8) is 0 Å². The summed E-state index contributed by atoms with van der Waals surface area (Å²) >= 11 is 1.55. The molecule has 164 valence electrons. The Balaban J connectivity index is 1.54. The summed E-state index contributed by atoms with van der Waals surface area (Å²) in [6, 6.07) is 9.73. The average molecular weight is 441 g/mol. The third-order valence-electron chi connectivity index (χ3n) is 5.72. The lowest BCUT2D eigenvalue weighted by Gasteiger charge is -2.21. The number of hydrogen-bond donors (Lipinski definition) is 0. The molecule has 1 aliphatic rings. The monoisotopic (exact) mass is 440 g/mol. The van der Waals surface area contributed by atoms with Crippen molar-refractivity contribution >= 4 is 27.5 Å². The molecule has 2 aromatic heterocycles. The lowest BCUT2D eigenvalue weighted by Crippen LogP contribution is -2.26. The van der Waals surface area contributed by atoms with Crippen molar-refractivity contribution in [2.24, 2.45) is 0 Å². The minimum absolute atomic E-state index is 0.0415. The number of ether oxygens (including phenoxy) is 2. The fourth-order valence-corrected chi connectivity index (χ4v) is 5.55. The number of nitrogens with zero attached hydrogens (tertiary/aromatic N) is 2. The van der Waals surface area contributed by atoms with E-state index in [0.717, 1.165) is 53.1 Å². The van der Waals surface area contributed by atoms with Gasteiger partial charge in [-0.2, -0.15) is 0 Å². The van der Waals surface area contributed by atoms with E-state index in [9.17, 15) is 9.59 Å². The van der Waals surface area contributed by atoms with Gasteiger partial charge < -0.3 is 9.47 Å². The summed E-state index contributed by atoms with van der Waals surface area (Å²) in [5.41, 5.74) is 0.823. The van der Waals surface area contributed by atoms with E-state index in [1.54, 1.807) is 15.9 Å². The summed E-state index contributed by atoms with van der Waals surface area (Å²) < 4.78 is 12.8. The number of rotatable bonds is 8. The van der Waals surface area contributed by atoms with Crippen LogP contribution in [-0.4, -0.2) is 28.7 Å². The van der Waals surface area contributed by atoms with Crippen molar-refractivity contribution in [3.05, 3.63) is 57.0 Å². The number of para-hydroxylation sites is 1. The summed E-state index contributed by atoms with van der Waals surface area (Å²) in [7, 11) is 0. The molecule has 2 heterocycles. The molecule has 1 unspecified atom stereocenters. The summed E-state index contributed by atoms with van der Waals surface area (Å²) in [6.45, 7) is 5.22. The lowest BCUT2D eigenvalue weighted by atomic mass is 9.86. The molecule has 7 heteroatoms. The van der Waals surface area contributed by atoms with Gasteiger partial charge in [-0.1, -0.05) is 18.2 Å². The number of carbonyl (C=O) groups is 1. The normalized spacial score (nSPS) is 15.6. The number of aryl methyl sites for hydroxylation is 2. The molecule has 3 aromatic rings. The molecule has 0 spiro atoms. The number of benzene rings is 1. The zero-order chi connectivity index (χ0) is 21.8. The van der Waals surface area contributed by atoms with Crippen LogP contribution in [0.4, 0.5) is 0 Å². The quantitative estimate of drug-likeness (QED) is 0.378. The lowest BCUT2D eigenvalue weighted by molar-refractivity contribution is -0.145. The second-order valence-electron chi connectivity index (χ2n) is 7.80. The molecule has 0 fully saturated rings. The molecular weight excluding hydrogens is 412 g/mol. The van der Waals surface area contributed by atoms with Crippen molar-refractivity contribution < 1.29 is 14.3 Å². The molecule has 0 amide bonds. The first-order chi connectivity index (χ1) is 15.1. The van der Waals surface area contributed by atoms with Gasteiger partial charge in [0.15, 0.2) is 0 Å². The average Bonchev–Trinajstić information content (AvgIpc) is 3.14. The fourth-order valence-electron chi connectivity index (χ4n) is 4.24. The Hall–Kier alpha value is -2.67. The van der Waals surface area contributed by atoms with Crippen LogP contribution in [0.2, 0.25) is 0 Å². The van der Waals surface area contributed by atoms with Gasteiger partial charge in [-0.25, -0.2) is 4.98 Å². The first-order valence-electron chi connectivity index (χ1n) is 11.0. The maximum Gasteiger partial charge on any atom is 0.313 e. The van der Waals surface area contributed by atoms with Crippen molar-refractivity contribution in [1.82, 2.24) is 9.55 Å². The van der Waals surface area contributed by atoms with Crippen LogP contribution < -0.4 is 10.3 Å². The first kappa shape index (κ1) is 21.6. The highest BCUT2D eigenvalue weighted by molar-refractivity contribution is 7.18. The van der Waals surface area contributed by atoms with E-state index in [4.69, 9.17) is 14.5 Å². The van der Waals surface area contributed by atoms with Gasteiger partial charge in [0.25, 0.3) is 5.56 Å². The minimum Gasteiger partial charge on any atom is -0.494 e. The highest BCUT2D eigenvalue weighted by atomic mass is 32.1. The van der Waals surface area contributed by atoms with Crippen molar-refractivity contribution in [2.75, 3.05) is 13.2 Å². The van der Waals surface area contributed by atoms with E-state index < -0.39 is 0 Å². The van der Waals surface area contributed by atoms with Crippen molar-refractivity contribution in [1.29, 1.82) is 0 Å². The highest BCUT2D eigenvalue weighted by Crippen LogP contribution is 2.41. The predicted octanol–water partition coefficient (Wildman–Crippen LogP) is 4.61. The fraction of sp³-hybridized carbons (Fsp3) is 0.458. The summed E-state index contributed by atoms with van der Waals surface area (Å²) in [5, 5.41) is 0.615. The topological polar surface area (TPSA) is 70.4 Å². The Kier molecular flexibility index (Phi) is 6.70. The summed E-state index contributed by atoms with van der Waals surface area (Å²) in [4.78, 5) is 32.6. The molecule has 6 nitrogen and oxygen atoms in total. The largest absolute Gasteiger partial charge is 0.494 e. The zero-order valence-corrected chi connectivity index (χ0v) is 18.9. The van der Waals surface area contributed by atoms with E-state index >= 15 is 0 Å². The zero-order valence-electron chi connectivity index (χ0n) is 18.1. The molecule has 0 N–H and O–H groups in total. The number of aromatic nitrogens is 2. The van der Waals surface area contributed by atoms with E-state index in [-0.39, 0.29) is 17.4 Å². The van der Waals surface area contributed by atoms with Crippen LogP contribution in [0, 0.1) is 6.92 Å². The molecule has 0 bridgehead atoms. The Bertz CT molecular complexity index is 1120. The summed E-state index contributed by atoms with van der Waals surface area (Å²) in [6.07, 6.45) is 4.20. The molecule has 1 aliphatic carbocycles. The summed E-state index contributed by atoms with van der Waals surface area (Å²) in [5.74, 6) is 0.983. The third-order valence-corrected chi connectivity index (χ3v) is 6.88. The molecular formula is C24H28N2O4S. The molecule has 1 atom stereocenters. The SMILES string of the molecule is CCOC(=O)C1CCCc2sc3nc(C)n(CCCCOc4ccccc4)c(=O)c3c21. The predicted molar refractivity (Wildman–Crippen MR) is 122 cm³/mol. The molecule has 0 saturated heterocycles. The van der Waals surface area contributed by atoms with Gasteiger partial charge in [0.1, 0.15) is 16.4 Å². The number of hydrogen-bond acceptors (Lipinski definition) is 6. The van der Waals surface area contributed by atoms with Crippen LogP contribution in [0.25, 0.3) is 10.2 Å². The van der Waals surface area contributed by atoms with Gasteiger partial charge in [-0.15, -0.1) is 11.3 Å². The number of fused-ring (bicyclic) bond motifs is 3.